The van der Waals surface area contributed by atoms with Gasteiger partial charge in [-0.3, -0.25) is 9.59 Å². The van der Waals surface area contributed by atoms with E-state index in [1.165, 1.54) is 0 Å². The summed E-state index contributed by atoms with van der Waals surface area (Å²) < 4.78 is 1.72. The van der Waals surface area contributed by atoms with Crippen LogP contribution >= 0.6 is 11.8 Å². The van der Waals surface area contributed by atoms with E-state index >= 15 is 0 Å². The highest BCUT2D eigenvalue weighted by molar-refractivity contribution is 7.98. The smallest absolute Gasteiger partial charge is 0.314 e. The van der Waals surface area contributed by atoms with Crippen LogP contribution in [0.5, 0.6) is 0 Å². The molecule has 1 aliphatic heterocycles. The van der Waals surface area contributed by atoms with Crippen LogP contribution in [0.3, 0.4) is 0 Å². The lowest BCUT2D eigenvalue weighted by molar-refractivity contribution is -0.136. The van der Waals surface area contributed by atoms with Crippen LogP contribution < -0.4 is 10.6 Å². The molecule has 0 saturated carbocycles. The van der Waals surface area contributed by atoms with E-state index in [-0.39, 0.29) is 0 Å². The van der Waals surface area contributed by atoms with E-state index in [1.807, 2.05) is 30.3 Å². The van der Waals surface area contributed by atoms with Gasteiger partial charge in [0.15, 0.2) is 0 Å². The largest absolute Gasteiger partial charge is 0.348 e. The van der Waals surface area contributed by atoms with Crippen LogP contribution in [0.15, 0.2) is 30.3 Å². The number of thioether (sulfide) groups is 1. The van der Waals surface area contributed by atoms with Gasteiger partial charge in [0, 0.05) is 23.6 Å². The van der Waals surface area contributed by atoms with Crippen LogP contribution in [0.1, 0.15) is 31.5 Å². The lowest BCUT2D eigenvalue weighted by atomic mass is 10.2. The number of nitrogens with zero attached hydrogens (tertiary/aromatic N) is 3. The van der Waals surface area contributed by atoms with E-state index in [1.54, 1.807) is 16.4 Å². The minimum Gasteiger partial charge on any atom is -0.348 e. The Labute approximate surface area is 169 Å². The number of hydrogen-bond acceptors (Lipinski definition) is 5. The zero-order valence-electron chi connectivity index (χ0n) is 16.4. The van der Waals surface area contributed by atoms with E-state index in [9.17, 15) is 9.59 Å². The Morgan fingerprint density at radius 2 is 1.89 bits per heavy atom. The van der Waals surface area contributed by atoms with Gasteiger partial charge >= 0.3 is 11.8 Å². The molecule has 0 radical (unpaired) electrons. The normalized spacial score (nSPS) is 12.8. The predicted molar refractivity (Wildman–Crippen MR) is 113 cm³/mol. The Morgan fingerprint density at radius 1 is 1.14 bits per heavy atom. The molecule has 1 aromatic carbocycles. The summed E-state index contributed by atoms with van der Waals surface area (Å²) in [5.74, 6) is 0.924. The van der Waals surface area contributed by atoms with Gasteiger partial charge in [-0.15, -0.1) is 0 Å². The van der Waals surface area contributed by atoms with Gasteiger partial charge in [0.25, 0.3) is 0 Å². The Morgan fingerprint density at radius 3 is 2.61 bits per heavy atom. The summed E-state index contributed by atoms with van der Waals surface area (Å²) in [6, 6.07) is 9.63. The van der Waals surface area contributed by atoms with Crippen molar-refractivity contribution >= 4 is 29.4 Å². The topological polar surface area (TPSA) is 79.3 Å². The highest BCUT2D eigenvalue weighted by Crippen LogP contribution is 2.35. The monoisotopic (exact) mass is 401 g/mol. The fraction of sp³-hybridized carbons (Fsp3) is 0.450. The SMILES string of the molecule is CCN(CC)CCCNC(=O)C(=O)Nc1c2c(nn1-c1ccccc1)CSC2. The molecule has 7 nitrogen and oxygen atoms in total. The third-order valence-electron chi connectivity index (χ3n) is 4.82. The van der Waals surface area contributed by atoms with E-state index in [0.29, 0.717) is 12.4 Å². The molecule has 1 aromatic heterocycles. The first kappa shape index (κ1) is 20.4. The van der Waals surface area contributed by atoms with Crippen molar-refractivity contribution < 1.29 is 9.59 Å². The first-order valence-electron chi connectivity index (χ1n) is 9.69. The maximum Gasteiger partial charge on any atom is 0.314 e. The Hall–Kier alpha value is -2.32. The second kappa shape index (κ2) is 9.75. The molecule has 150 valence electrons. The molecule has 0 saturated heterocycles. The van der Waals surface area contributed by atoms with Gasteiger partial charge < -0.3 is 15.5 Å². The first-order chi connectivity index (χ1) is 13.6. The third-order valence-corrected chi connectivity index (χ3v) is 5.79. The van der Waals surface area contributed by atoms with Gasteiger partial charge in [-0.2, -0.15) is 16.9 Å². The highest BCUT2D eigenvalue weighted by atomic mass is 32.2. The maximum absolute atomic E-state index is 12.5. The number of carbonyl (C=O) groups is 2. The molecule has 1 aliphatic rings. The van der Waals surface area contributed by atoms with Crippen molar-refractivity contribution in [2.75, 3.05) is 31.5 Å². The second-order valence-corrected chi connectivity index (χ2v) is 7.59. The predicted octanol–water partition coefficient (Wildman–Crippen LogP) is 2.41. The molecule has 8 heteroatoms. The number of benzene rings is 1. The molecule has 2 N–H and O–H groups in total. The van der Waals surface area contributed by atoms with Crippen molar-refractivity contribution in [3.63, 3.8) is 0 Å². The van der Waals surface area contributed by atoms with Crippen LogP contribution in [-0.2, 0) is 21.1 Å². The van der Waals surface area contributed by atoms with Crippen LogP contribution in [0, 0.1) is 0 Å². The molecular formula is C20H27N5O2S. The molecule has 0 spiro atoms. The number of fused-ring (bicyclic) bond motifs is 1. The Balaban J connectivity index is 1.63. The standard InChI is InChI=1S/C20H27N5O2S/c1-3-24(4-2)12-8-11-21-19(26)20(27)22-18-16-13-28-14-17(16)23-25(18)15-9-6-5-7-10-15/h5-7,9-10H,3-4,8,11-14H2,1-2H3,(H,21,26)(H,22,27). The number of rotatable bonds is 8. The van der Waals surface area contributed by atoms with E-state index in [0.717, 1.165) is 54.5 Å². The van der Waals surface area contributed by atoms with Crippen molar-refractivity contribution in [3.05, 3.63) is 41.6 Å². The summed E-state index contributed by atoms with van der Waals surface area (Å²) in [7, 11) is 0. The van der Waals surface area contributed by atoms with Gasteiger partial charge in [-0.05, 0) is 38.2 Å². The molecule has 0 aliphatic carbocycles. The van der Waals surface area contributed by atoms with Crippen LogP contribution in [0.25, 0.3) is 5.69 Å². The molecule has 3 rings (SSSR count). The Kier molecular flexibility index (Phi) is 7.11. The van der Waals surface area contributed by atoms with Gasteiger partial charge in [0.05, 0.1) is 11.4 Å². The number of amides is 2. The lowest BCUT2D eigenvalue weighted by Gasteiger charge is -2.17. The third kappa shape index (κ3) is 4.74. The zero-order chi connectivity index (χ0) is 19.9. The number of anilines is 1. The van der Waals surface area contributed by atoms with Crippen molar-refractivity contribution in [1.82, 2.24) is 20.0 Å². The van der Waals surface area contributed by atoms with Crippen molar-refractivity contribution in [1.29, 1.82) is 0 Å². The fourth-order valence-electron chi connectivity index (χ4n) is 3.19. The minimum atomic E-state index is -0.653. The van der Waals surface area contributed by atoms with Crippen molar-refractivity contribution in [2.45, 2.75) is 31.8 Å². The average Bonchev–Trinajstić information content (AvgIpc) is 3.31. The van der Waals surface area contributed by atoms with Crippen molar-refractivity contribution in [2.24, 2.45) is 0 Å². The highest BCUT2D eigenvalue weighted by Gasteiger charge is 2.26. The Bertz CT molecular complexity index is 818. The van der Waals surface area contributed by atoms with Gasteiger partial charge in [-0.1, -0.05) is 32.0 Å². The second-order valence-electron chi connectivity index (χ2n) is 6.60. The molecular weight excluding hydrogens is 374 g/mol. The summed E-state index contributed by atoms with van der Waals surface area (Å²) in [5, 5.41) is 10.1. The zero-order valence-corrected chi connectivity index (χ0v) is 17.2. The summed E-state index contributed by atoms with van der Waals surface area (Å²) in [6.45, 7) is 7.58. The van der Waals surface area contributed by atoms with Gasteiger partial charge in [0.2, 0.25) is 0 Å². The summed E-state index contributed by atoms with van der Waals surface area (Å²) >= 11 is 1.75. The van der Waals surface area contributed by atoms with E-state index in [4.69, 9.17) is 0 Å². The summed E-state index contributed by atoms with van der Waals surface area (Å²) in [6.07, 6.45) is 0.814. The summed E-state index contributed by atoms with van der Waals surface area (Å²) in [5.41, 5.74) is 2.82. The van der Waals surface area contributed by atoms with Crippen LogP contribution in [-0.4, -0.2) is 52.7 Å². The number of carbonyl (C=O) groups excluding carboxylic acids is 2. The molecule has 0 atom stereocenters. The number of aromatic nitrogens is 2. The molecule has 2 heterocycles. The fourth-order valence-corrected chi connectivity index (χ4v) is 4.22. The van der Waals surface area contributed by atoms with Gasteiger partial charge in [0.1, 0.15) is 5.82 Å². The molecule has 0 fully saturated rings. The number of nitrogens with one attached hydrogen (secondary N) is 2. The molecule has 0 bridgehead atoms. The molecule has 2 aromatic rings. The first-order valence-corrected chi connectivity index (χ1v) is 10.8. The van der Waals surface area contributed by atoms with Gasteiger partial charge in [-0.25, -0.2) is 4.68 Å². The quantitative estimate of drug-likeness (QED) is 0.525. The number of para-hydroxylation sites is 1. The number of hydrogen-bond donors (Lipinski definition) is 2. The molecule has 2 amide bonds. The summed E-state index contributed by atoms with van der Waals surface area (Å²) in [4.78, 5) is 27.0. The van der Waals surface area contributed by atoms with Crippen LogP contribution in [0.2, 0.25) is 0 Å². The minimum absolute atomic E-state index is 0.481. The van der Waals surface area contributed by atoms with Crippen LogP contribution in [0.4, 0.5) is 5.82 Å². The van der Waals surface area contributed by atoms with Crippen molar-refractivity contribution in [3.8, 4) is 5.69 Å². The molecule has 0 unspecified atom stereocenters. The van der Waals surface area contributed by atoms with E-state index < -0.39 is 11.8 Å². The lowest BCUT2D eigenvalue weighted by Crippen LogP contribution is -2.37. The average molecular weight is 402 g/mol. The molecule has 28 heavy (non-hydrogen) atoms. The van der Waals surface area contributed by atoms with E-state index in [2.05, 4.69) is 34.5 Å². The maximum atomic E-state index is 12.5.